The first-order chi connectivity index (χ1) is 9.56. The van der Waals surface area contributed by atoms with Crippen molar-refractivity contribution in [2.45, 2.75) is 19.5 Å². The minimum atomic E-state index is -0.132. The Morgan fingerprint density at radius 1 is 1.50 bits per heavy atom. The molecule has 0 aromatic carbocycles. The molecule has 2 amide bonds. The molecule has 2 aromatic heterocycles. The van der Waals surface area contributed by atoms with Crippen molar-refractivity contribution in [3.05, 3.63) is 48.0 Å². The standard InChI is InChI=1S/C14H19N5O/c1-11(13-6-4-5-7-15-13)17-14(20)18(2)9-12-8-16-19(3)10-12/h4-8,10-11H,9H2,1-3H3,(H,17,20)/t11-/m0/s1. The topological polar surface area (TPSA) is 63.1 Å². The number of aromatic nitrogens is 3. The maximum Gasteiger partial charge on any atom is 0.317 e. The molecule has 0 saturated heterocycles. The largest absolute Gasteiger partial charge is 0.330 e. The number of rotatable bonds is 4. The van der Waals surface area contributed by atoms with Gasteiger partial charge in [0.1, 0.15) is 0 Å². The Kier molecular flexibility index (Phi) is 4.34. The van der Waals surface area contributed by atoms with Crippen molar-refractivity contribution in [2.24, 2.45) is 7.05 Å². The second-order valence-electron chi connectivity index (χ2n) is 4.80. The highest BCUT2D eigenvalue weighted by Crippen LogP contribution is 2.09. The Balaban J connectivity index is 1.91. The molecule has 20 heavy (non-hydrogen) atoms. The van der Waals surface area contributed by atoms with Gasteiger partial charge in [0, 0.05) is 32.1 Å². The second-order valence-corrected chi connectivity index (χ2v) is 4.80. The molecular weight excluding hydrogens is 254 g/mol. The van der Waals surface area contributed by atoms with Crippen LogP contribution in [0.3, 0.4) is 0 Å². The SMILES string of the molecule is C[C@H](NC(=O)N(C)Cc1cnn(C)c1)c1ccccn1. The molecule has 0 aliphatic carbocycles. The fraction of sp³-hybridized carbons (Fsp3) is 0.357. The highest BCUT2D eigenvalue weighted by molar-refractivity contribution is 5.74. The molecule has 6 heteroatoms. The molecule has 0 radical (unpaired) electrons. The molecule has 0 spiro atoms. The monoisotopic (exact) mass is 273 g/mol. The predicted molar refractivity (Wildman–Crippen MR) is 75.9 cm³/mol. The summed E-state index contributed by atoms with van der Waals surface area (Å²) in [4.78, 5) is 18.0. The quantitative estimate of drug-likeness (QED) is 0.922. The van der Waals surface area contributed by atoms with Gasteiger partial charge in [0.05, 0.1) is 24.5 Å². The highest BCUT2D eigenvalue weighted by atomic mass is 16.2. The minimum absolute atomic E-state index is 0.125. The summed E-state index contributed by atoms with van der Waals surface area (Å²) in [7, 11) is 3.61. The van der Waals surface area contributed by atoms with Crippen LogP contribution in [0, 0.1) is 0 Å². The van der Waals surface area contributed by atoms with E-state index in [-0.39, 0.29) is 12.1 Å². The summed E-state index contributed by atoms with van der Waals surface area (Å²) in [6.07, 6.45) is 5.37. The number of nitrogens with one attached hydrogen (secondary N) is 1. The minimum Gasteiger partial charge on any atom is -0.330 e. The summed E-state index contributed by atoms with van der Waals surface area (Å²) in [5.41, 5.74) is 1.84. The second kappa shape index (κ2) is 6.18. The number of pyridine rings is 1. The summed E-state index contributed by atoms with van der Waals surface area (Å²) >= 11 is 0. The summed E-state index contributed by atoms with van der Waals surface area (Å²) in [5.74, 6) is 0. The average molecular weight is 273 g/mol. The molecule has 0 aliphatic heterocycles. The maximum absolute atomic E-state index is 12.1. The Labute approximate surface area is 118 Å². The summed E-state index contributed by atoms with van der Waals surface area (Å²) in [5, 5.41) is 7.01. The smallest absolute Gasteiger partial charge is 0.317 e. The number of hydrogen-bond donors (Lipinski definition) is 1. The summed E-state index contributed by atoms with van der Waals surface area (Å²) < 4.78 is 1.72. The summed E-state index contributed by atoms with van der Waals surface area (Å²) in [6.45, 7) is 2.44. The third kappa shape index (κ3) is 3.57. The van der Waals surface area contributed by atoms with E-state index in [1.54, 1.807) is 29.0 Å². The van der Waals surface area contributed by atoms with Gasteiger partial charge in [-0.15, -0.1) is 0 Å². The van der Waals surface area contributed by atoms with Crippen LogP contribution < -0.4 is 5.32 Å². The first kappa shape index (κ1) is 14.0. The number of amides is 2. The van der Waals surface area contributed by atoms with E-state index in [2.05, 4.69) is 15.4 Å². The van der Waals surface area contributed by atoms with Crippen LogP contribution in [0.1, 0.15) is 24.2 Å². The lowest BCUT2D eigenvalue weighted by molar-refractivity contribution is 0.203. The molecule has 2 aromatic rings. The van der Waals surface area contributed by atoms with Crippen LogP contribution in [0.25, 0.3) is 0 Å². The van der Waals surface area contributed by atoms with E-state index in [1.165, 1.54) is 0 Å². The molecule has 6 nitrogen and oxygen atoms in total. The normalized spacial score (nSPS) is 11.9. The lowest BCUT2D eigenvalue weighted by atomic mass is 10.2. The molecule has 106 valence electrons. The Morgan fingerprint density at radius 2 is 2.30 bits per heavy atom. The van der Waals surface area contributed by atoms with Gasteiger partial charge in [-0.3, -0.25) is 9.67 Å². The molecular formula is C14H19N5O. The zero-order chi connectivity index (χ0) is 14.5. The van der Waals surface area contributed by atoms with E-state index >= 15 is 0 Å². The number of hydrogen-bond acceptors (Lipinski definition) is 3. The van der Waals surface area contributed by atoms with E-state index in [1.807, 2.05) is 38.4 Å². The molecule has 0 fully saturated rings. The fourth-order valence-corrected chi connectivity index (χ4v) is 1.90. The molecule has 0 unspecified atom stereocenters. The van der Waals surface area contributed by atoms with Crippen molar-refractivity contribution < 1.29 is 4.79 Å². The van der Waals surface area contributed by atoms with Gasteiger partial charge in [-0.25, -0.2) is 4.79 Å². The van der Waals surface area contributed by atoms with Gasteiger partial charge in [-0.05, 0) is 19.1 Å². The van der Waals surface area contributed by atoms with Gasteiger partial charge in [0.25, 0.3) is 0 Å². The van der Waals surface area contributed by atoms with Crippen molar-refractivity contribution >= 4 is 6.03 Å². The van der Waals surface area contributed by atoms with Crippen molar-refractivity contribution in [2.75, 3.05) is 7.05 Å². The fourth-order valence-electron chi connectivity index (χ4n) is 1.90. The van der Waals surface area contributed by atoms with Gasteiger partial charge in [-0.2, -0.15) is 5.10 Å². The van der Waals surface area contributed by atoms with Crippen molar-refractivity contribution in [1.29, 1.82) is 0 Å². The van der Waals surface area contributed by atoms with Crippen LogP contribution in [0.2, 0.25) is 0 Å². The molecule has 0 bridgehead atoms. The van der Waals surface area contributed by atoms with Crippen molar-refractivity contribution in [1.82, 2.24) is 25.0 Å². The average Bonchev–Trinajstić information content (AvgIpc) is 2.85. The van der Waals surface area contributed by atoms with Crippen LogP contribution in [0.15, 0.2) is 36.8 Å². The van der Waals surface area contributed by atoms with Crippen LogP contribution >= 0.6 is 0 Å². The lowest BCUT2D eigenvalue weighted by Gasteiger charge is -2.20. The molecule has 1 N–H and O–H groups in total. The van der Waals surface area contributed by atoms with Gasteiger partial charge in [-0.1, -0.05) is 6.07 Å². The molecule has 0 saturated carbocycles. The highest BCUT2D eigenvalue weighted by Gasteiger charge is 2.14. The number of aryl methyl sites for hydroxylation is 1. The Hall–Kier alpha value is -2.37. The van der Waals surface area contributed by atoms with E-state index < -0.39 is 0 Å². The van der Waals surface area contributed by atoms with Crippen molar-refractivity contribution in [3.8, 4) is 0 Å². The third-order valence-corrected chi connectivity index (χ3v) is 3.00. The van der Waals surface area contributed by atoms with Crippen molar-refractivity contribution in [3.63, 3.8) is 0 Å². The third-order valence-electron chi connectivity index (χ3n) is 3.00. The lowest BCUT2D eigenvalue weighted by Crippen LogP contribution is -2.38. The first-order valence-corrected chi connectivity index (χ1v) is 6.46. The zero-order valence-electron chi connectivity index (χ0n) is 11.9. The number of carbonyl (C=O) groups excluding carboxylic acids is 1. The predicted octanol–water partition coefficient (Wildman–Crippen LogP) is 1.72. The molecule has 0 aliphatic rings. The van der Waals surface area contributed by atoms with Gasteiger partial charge in [0.2, 0.25) is 0 Å². The maximum atomic E-state index is 12.1. The molecule has 2 heterocycles. The Morgan fingerprint density at radius 3 is 2.90 bits per heavy atom. The van der Waals surface area contributed by atoms with Gasteiger partial charge >= 0.3 is 6.03 Å². The van der Waals surface area contributed by atoms with Gasteiger partial charge in [0.15, 0.2) is 0 Å². The van der Waals surface area contributed by atoms with Crippen LogP contribution in [0.4, 0.5) is 4.79 Å². The van der Waals surface area contributed by atoms with Crippen LogP contribution in [-0.4, -0.2) is 32.7 Å². The summed E-state index contributed by atoms with van der Waals surface area (Å²) in [6, 6.07) is 5.40. The molecule has 1 atom stereocenters. The van der Waals surface area contributed by atoms with Gasteiger partial charge < -0.3 is 10.2 Å². The van der Waals surface area contributed by atoms with E-state index in [0.717, 1.165) is 11.3 Å². The van der Waals surface area contributed by atoms with E-state index in [9.17, 15) is 4.79 Å². The number of nitrogens with zero attached hydrogens (tertiary/aromatic N) is 4. The molecule has 2 rings (SSSR count). The van der Waals surface area contributed by atoms with E-state index in [0.29, 0.717) is 6.54 Å². The van der Waals surface area contributed by atoms with E-state index in [4.69, 9.17) is 0 Å². The van der Waals surface area contributed by atoms with Crippen LogP contribution in [-0.2, 0) is 13.6 Å². The number of urea groups is 1. The number of carbonyl (C=O) groups is 1. The Bertz CT molecular complexity index is 566. The first-order valence-electron chi connectivity index (χ1n) is 6.46. The zero-order valence-corrected chi connectivity index (χ0v) is 11.9. The van der Waals surface area contributed by atoms with Crippen LogP contribution in [0.5, 0.6) is 0 Å².